The first-order valence-corrected chi connectivity index (χ1v) is 22.1. The van der Waals surface area contributed by atoms with Crippen LogP contribution in [-0.2, 0) is 37.7 Å². The highest BCUT2D eigenvalue weighted by Crippen LogP contribution is 2.63. The molecule has 4 aromatic heterocycles. The molecule has 0 atom stereocenters. The third-order valence-electron chi connectivity index (χ3n) is 10.8. The number of hydrogen-bond acceptors (Lipinski definition) is 14. The van der Waals surface area contributed by atoms with E-state index in [0.717, 1.165) is 25.4 Å². The van der Waals surface area contributed by atoms with Crippen LogP contribution in [0.5, 0.6) is 0 Å². The second-order valence-electron chi connectivity index (χ2n) is 14.4. The Bertz CT molecular complexity index is 3650. The molecular formula is C47H24N2O8S4. The molecule has 0 amide bonds. The quantitative estimate of drug-likeness (QED) is 0.111. The maximum atomic E-state index is 15.1. The highest BCUT2D eigenvalue weighted by molar-refractivity contribution is 7.41. The van der Waals surface area contributed by atoms with E-state index in [2.05, 4.69) is 9.98 Å². The zero-order chi connectivity index (χ0) is 41.6. The SMILES string of the molecule is O=C(OCc1ccccc1)C1(C(=O)OCc2ccccc2)c2cc(N=c3c(=O)c4ccccc4c3=O)sc2-c2sc3c(sc4cc(N=c5c(=O)c6ccccc6c5=O)sc43)c21. The van der Waals surface area contributed by atoms with Crippen molar-refractivity contribution < 1.29 is 19.1 Å². The van der Waals surface area contributed by atoms with Gasteiger partial charge in [0.2, 0.25) is 27.1 Å². The lowest BCUT2D eigenvalue weighted by Crippen LogP contribution is -2.45. The number of nitrogens with zero attached hydrogens (tertiary/aromatic N) is 2. The Kier molecular flexibility index (Phi) is 8.61. The number of benzene rings is 4. The summed E-state index contributed by atoms with van der Waals surface area (Å²) in [4.78, 5) is 93.8. The van der Waals surface area contributed by atoms with Gasteiger partial charge in [0.25, 0.3) is 0 Å². The maximum absolute atomic E-state index is 15.1. The summed E-state index contributed by atoms with van der Waals surface area (Å²) in [5.74, 6) is -1.71. The summed E-state index contributed by atoms with van der Waals surface area (Å²) in [6, 6.07) is 34.8. The average Bonchev–Trinajstić information content (AvgIpc) is 4.15. The molecule has 0 aliphatic heterocycles. The molecular weight excluding hydrogens is 849 g/mol. The first kappa shape index (κ1) is 37.2. The van der Waals surface area contributed by atoms with Crippen LogP contribution in [-0.4, -0.2) is 11.9 Å². The predicted octanol–water partition coefficient (Wildman–Crippen LogP) is 7.96. The van der Waals surface area contributed by atoms with Gasteiger partial charge in [0, 0.05) is 37.4 Å². The Labute approximate surface area is 358 Å². The van der Waals surface area contributed by atoms with Crippen molar-refractivity contribution in [2.75, 3.05) is 0 Å². The molecule has 0 saturated heterocycles. The van der Waals surface area contributed by atoms with E-state index in [9.17, 15) is 19.2 Å². The molecule has 0 fully saturated rings. The molecule has 0 N–H and O–H groups in total. The van der Waals surface area contributed by atoms with Crippen molar-refractivity contribution in [3.8, 4) is 9.75 Å². The van der Waals surface area contributed by atoms with Gasteiger partial charge in [0.15, 0.2) is 10.7 Å². The van der Waals surface area contributed by atoms with Crippen molar-refractivity contribution in [1.82, 2.24) is 0 Å². The molecule has 10 aromatic rings. The van der Waals surface area contributed by atoms with Crippen LogP contribution >= 0.6 is 45.3 Å². The van der Waals surface area contributed by atoms with Crippen molar-refractivity contribution in [3.05, 3.63) is 195 Å². The molecule has 0 spiro atoms. The lowest BCUT2D eigenvalue weighted by molar-refractivity contribution is -0.164. The van der Waals surface area contributed by atoms with Crippen molar-refractivity contribution in [2.24, 2.45) is 9.98 Å². The van der Waals surface area contributed by atoms with Crippen LogP contribution in [0.2, 0.25) is 0 Å². The molecule has 10 nitrogen and oxygen atoms in total. The number of esters is 2. The van der Waals surface area contributed by atoms with Gasteiger partial charge in [0.1, 0.15) is 23.2 Å². The summed E-state index contributed by atoms with van der Waals surface area (Å²) in [7, 11) is 0. The zero-order valence-corrected chi connectivity index (χ0v) is 34.5. The van der Waals surface area contributed by atoms with Crippen LogP contribution < -0.4 is 32.4 Å². The maximum Gasteiger partial charge on any atom is 0.333 e. The standard InChI is InChI=1S/C47H24N2O8S4/c50-36-25-15-7-8-16-26(25)37(51)34(36)48-31-19-29-40(59-31)42-33(47(29,45(54)56-21-23-11-3-1-4-12-23)46(55)57-22-24-13-5-2-6-14-24)43-44(61-42)41-30(58-43)20-32(60-41)49-35-38(52)27-17-9-10-18-28(27)39(35)53/h1-20H,21-22H2. The molecule has 1 aliphatic carbocycles. The summed E-state index contributed by atoms with van der Waals surface area (Å²) in [6.45, 7) is -0.257. The van der Waals surface area contributed by atoms with E-state index >= 15 is 9.59 Å². The second kappa shape index (κ2) is 14.1. The van der Waals surface area contributed by atoms with E-state index in [1.54, 1.807) is 60.7 Å². The van der Waals surface area contributed by atoms with Crippen LogP contribution in [0.15, 0.2) is 150 Å². The lowest BCUT2D eigenvalue weighted by Gasteiger charge is -2.26. The van der Waals surface area contributed by atoms with Crippen LogP contribution in [0.1, 0.15) is 22.3 Å². The monoisotopic (exact) mass is 872 g/mol. The fourth-order valence-electron chi connectivity index (χ4n) is 8.01. The lowest BCUT2D eigenvalue weighted by atomic mass is 9.79. The van der Waals surface area contributed by atoms with E-state index < -0.39 is 39.1 Å². The minimum atomic E-state index is -2.13. The van der Waals surface area contributed by atoms with E-state index in [1.807, 2.05) is 60.7 Å². The summed E-state index contributed by atoms with van der Waals surface area (Å²) >= 11 is 5.19. The van der Waals surface area contributed by atoms with Crippen LogP contribution in [0.4, 0.5) is 10.0 Å². The molecule has 61 heavy (non-hydrogen) atoms. The zero-order valence-electron chi connectivity index (χ0n) is 31.3. The molecule has 0 radical (unpaired) electrons. The van der Waals surface area contributed by atoms with E-state index in [0.29, 0.717) is 46.9 Å². The number of hydrogen-bond donors (Lipinski definition) is 0. The number of rotatable bonds is 8. The van der Waals surface area contributed by atoms with Crippen molar-refractivity contribution in [1.29, 1.82) is 0 Å². The van der Waals surface area contributed by atoms with Crippen molar-refractivity contribution >= 4 is 108 Å². The summed E-state index contributed by atoms with van der Waals surface area (Å²) in [5.41, 5.74) is -1.88. The van der Waals surface area contributed by atoms with E-state index in [-0.39, 0.29) is 45.3 Å². The first-order chi connectivity index (χ1) is 29.7. The third kappa shape index (κ3) is 5.63. The predicted molar refractivity (Wildman–Crippen MR) is 240 cm³/mol. The van der Waals surface area contributed by atoms with Gasteiger partial charge in [-0.1, -0.05) is 109 Å². The smallest absolute Gasteiger partial charge is 0.333 e. The van der Waals surface area contributed by atoms with Crippen molar-refractivity contribution in [3.63, 3.8) is 0 Å². The Balaban J connectivity index is 1.13. The molecule has 4 heterocycles. The number of thiophene rings is 4. The minimum absolute atomic E-state index is 0.129. The van der Waals surface area contributed by atoms with Gasteiger partial charge in [-0.3, -0.25) is 28.8 Å². The molecule has 0 unspecified atom stereocenters. The van der Waals surface area contributed by atoms with Gasteiger partial charge in [-0.25, -0.2) is 9.98 Å². The molecule has 294 valence electrons. The van der Waals surface area contributed by atoms with Crippen LogP contribution in [0.3, 0.4) is 0 Å². The van der Waals surface area contributed by atoms with Crippen LogP contribution in [0.25, 0.3) is 50.1 Å². The Hall–Kier alpha value is -6.84. The molecule has 11 rings (SSSR count). The topological polar surface area (TPSA) is 146 Å². The Morgan fingerprint density at radius 1 is 0.492 bits per heavy atom. The molecule has 0 bridgehead atoms. The average molecular weight is 873 g/mol. The van der Waals surface area contributed by atoms with Gasteiger partial charge < -0.3 is 9.47 Å². The Morgan fingerprint density at radius 3 is 1.44 bits per heavy atom. The van der Waals surface area contributed by atoms with Gasteiger partial charge in [-0.2, -0.15) is 0 Å². The van der Waals surface area contributed by atoms with Gasteiger partial charge in [0.05, 0.1) is 23.9 Å². The molecule has 6 aromatic carbocycles. The largest absolute Gasteiger partial charge is 0.459 e. The highest BCUT2D eigenvalue weighted by atomic mass is 32.1. The van der Waals surface area contributed by atoms with E-state index in [4.69, 9.17) is 9.47 Å². The number of carbonyl (C=O) groups excluding carboxylic acids is 2. The summed E-state index contributed by atoms with van der Waals surface area (Å²) in [5, 5.41) is 1.45. The summed E-state index contributed by atoms with van der Waals surface area (Å²) < 4.78 is 15.2. The molecule has 0 saturated carbocycles. The van der Waals surface area contributed by atoms with E-state index in [1.165, 1.54) is 34.0 Å². The van der Waals surface area contributed by atoms with Crippen molar-refractivity contribution in [2.45, 2.75) is 18.6 Å². The van der Waals surface area contributed by atoms with Crippen LogP contribution in [0, 0.1) is 0 Å². The Morgan fingerprint density at radius 2 is 0.951 bits per heavy atom. The summed E-state index contributed by atoms with van der Waals surface area (Å²) in [6.07, 6.45) is 0. The number of fused-ring (bicyclic) bond motifs is 9. The van der Waals surface area contributed by atoms with Gasteiger partial charge >= 0.3 is 11.9 Å². The fraction of sp³-hybridized carbons (Fsp3) is 0.0638. The third-order valence-corrected chi connectivity index (χ3v) is 15.8. The number of ether oxygens (including phenoxy) is 2. The highest BCUT2D eigenvalue weighted by Gasteiger charge is 2.61. The first-order valence-electron chi connectivity index (χ1n) is 18.8. The second-order valence-corrected chi connectivity index (χ2v) is 18.5. The molecule has 1 aliphatic rings. The molecule has 14 heteroatoms. The minimum Gasteiger partial charge on any atom is -0.459 e. The normalized spacial score (nSPS) is 12.9. The fourth-order valence-corrected chi connectivity index (χ4v) is 13.5. The number of carbonyl (C=O) groups is 2. The van der Waals surface area contributed by atoms with Gasteiger partial charge in [-0.05, 0) is 23.3 Å². The van der Waals surface area contributed by atoms with Gasteiger partial charge in [-0.15, -0.1) is 45.3 Å².